The minimum Gasteiger partial charge on any atom is -0.461 e. The van der Waals surface area contributed by atoms with Crippen LogP contribution in [0.15, 0.2) is 27.3 Å². The van der Waals surface area contributed by atoms with Crippen molar-refractivity contribution in [1.82, 2.24) is 20.8 Å². The lowest BCUT2D eigenvalue weighted by Gasteiger charge is -2.30. The van der Waals surface area contributed by atoms with Crippen LogP contribution in [-0.4, -0.2) is 35.2 Å². The molecule has 0 spiro atoms. The molecule has 2 unspecified atom stereocenters. The second-order valence-electron chi connectivity index (χ2n) is 5.63. The van der Waals surface area contributed by atoms with Crippen LogP contribution in [0.4, 0.5) is 0 Å². The second kappa shape index (κ2) is 8.12. The first kappa shape index (κ1) is 17.5. The number of hydrogen-bond acceptors (Lipinski definition) is 6. The molecule has 23 heavy (non-hydrogen) atoms. The van der Waals surface area contributed by atoms with Gasteiger partial charge in [-0.25, -0.2) is 0 Å². The Balaban J connectivity index is 0.00000192. The summed E-state index contributed by atoms with van der Waals surface area (Å²) in [5.41, 5.74) is 0. The highest BCUT2D eigenvalue weighted by molar-refractivity contribution is 5.85. The average Bonchev–Trinajstić information content (AvgIpc) is 3.18. The molecule has 2 atom stereocenters. The summed E-state index contributed by atoms with van der Waals surface area (Å²) in [4.78, 5) is 16.3. The van der Waals surface area contributed by atoms with Gasteiger partial charge in [0.1, 0.15) is 0 Å². The number of aryl methyl sites for hydroxylation is 1. The highest BCUT2D eigenvalue weighted by atomic mass is 35.5. The van der Waals surface area contributed by atoms with Crippen LogP contribution in [0.1, 0.15) is 25.7 Å². The van der Waals surface area contributed by atoms with Gasteiger partial charge in [0.05, 0.1) is 6.26 Å². The van der Waals surface area contributed by atoms with E-state index in [9.17, 15) is 4.79 Å². The van der Waals surface area contributed by atoms with Crippen molar-refractivity contribution in [3.8, 4) is 11.6 Å². The number of piperidine rings is 1. The van der Waals surface area contributed by atoms with Gasteiger partial charge in [0.2, 0.25) is 17.6 Å². The molecule has 0 bridgehead atoms. The van der Waals surface area contributed by atoms with Gasteiger partial charge in [-0.3, -0.25) is 4.79 Å². The topological polar surface area (TPSA) is 93.2 Å². The standard InChI is InChI=1S/C15H20N4O3.ClH/c1-10-9-16-7-6-11(10)17-13(20)4-5-14-18-15(19-22-14)12-3-2-8-21-12;/h2-3,8,10-11,16H,4-7,9H2,1H3,(H,17,20);1H. The monoisotopic (exact) mass is 340 g/mol. The van der Waals surface area contributed by atoms with Crippen molar-refractivity contribution in [2.75, 3.05) is 13.1 Å². The quantitative estimate of drug-likeness (QED) is 0.862. The van der Waals surface area contributed by atoms with Gasteiger partial charge in [0, 0.05) is 18.9 Å². The fourth-order valence-corrected chi connectivity index (χ4v) is 2.59. The lowest BCUT2D eigenvalue weighted by Crippen LogP contribution is -2.48. The molecule has 2 aromatic rings. The van der Waals surface area contributed by atoms with Crippen LogP contribution in [0.25, 0.3) is 11.6 Å². The van der Waals surface area contributed by atoms with Gasteiger partial charge in [0.25, 0.3) is 0 Å². The van der Waals surface area contributed by atoms with Crippen LogP contribution >= 0.6 is 12.4 Å². The molecule has 3 heterocycles. The van der Waals surface area contributed by atoms with E-state index in [0.717, 1.165) is 19.5 Å². The molecule has 1 saturated heterocycles. The molecule has 0 aromatic carbocycles. The summed E-state index contributed by atoms with van der Waals surface area (Å²) in [6.45, 7) is 4.04. The zero-order valence-electron chi connectivity index (χ0n) is 12.9. The highest BCUT2D eigenvalue weighted by Gasteiger charge is 2.22. The molecule has 8 heteroatoms. The second-order valence-corrected chi connectivity index (χ2v) is 5.63. The van der Waals surface area contributed by atoms with E-state index in [2.05, 4.69) is 27.7 Å². The van der Waals surface area contributed by atoms with E-state index in [0.29, 0.717) is 36.2 Å². The largest absolute Gasteiger partial charge is 0.461 e. The van der Waals surface area contributed by atoms with Gasteiger partial charge in [-0.2, -0.15) is 4.98 Å². The zero-order valence-corrected chi connectivity index (χ0v) is 13.8. The van der Waals surface area contributed by atoms with Crippen LogP contribution in [0.2, 0.25) is 0 Å². The number of furan rings is 1. The molecule has 0 aliphatic carbocycles. The number of nitrogens with zero attached hydrogens (tertiary/aromatic N) is 2. The summed E-state index contributed by atoms with van der Waals surface area (Å²) in [5, 5.41) is 10.2. The lowest BCUT2D eigenvalue weighted by atomic mass is 9.95. The van der Waals surface area contributed by atoms with E-state index in [1.54, 1.807) is 18.4 Å². The molecule has 1 aliphatic rings. The number of halogens is 1. The first-order chi connectivity index (χ1) is 10.7. The molecule has 2 aromatic heterocycles. The summed E-state index contributed by atoms with van der Waals surface area (Å²) in [7, 11) is 0. The van der Waals surface area contributed by atoms with E-state index >= 15 is 0 Å². The predicted molar refractivity (Wildman–Crippen MR) is 86.2 cm³/mol. The van der Waals surface area contributed by atoms with Crippen molar-refractivity contribution < 1.29 is 13.7 Å². The van der Waals surface area contributed by atoms with Crippen molar-refractivity contribution in [2.45, 2.75) is 32.2 Å². The zero-order chi connectivity index (χ0) is 15.4. The summed E-state index contributed by atoms with van der Waals surface area (Å²) in [6, 6.07) is 3.77. The molecule has 7 nitrogen and oxygen atoms in total. The molecule has 1 aliphatic heterocycles. The Kier molecular flexibility index (Phi) is 6.18. The van der Waals surface area contributed by atoms with Crippen LogP contribution in [0.3, 0.4) is 0 Å². The Labute approximate surface area is 140 Å². The average molecular weight is 341 g/mol. The smallest absolute Gasteiger partial charge is 0.238 e. The third-order valence-corrected chi connectivity index (χ3v) is 3.91. The molecular weight excluding hydrogens is 320 g/mol. The SMILES string of the molecule is CC1CNCCC1NC(=O)CCc1nc(-c2ccco2)no1.Cl. The van der Waals surface area contributed by atoms with Crippen molar-refractivity contribution >= 4 is 18.3 Å². The molecule has 2 N–H and O–H groups in total. The molecule has 1 fully saturated rings. The minimum absolute atomic E-state index is 0. The summed E-state index contributed by atoms with van der Waals surface area (Å²) >= 11 is 0. The van der Waals surface area contributed by atoms with Crippen molar-refractivity contribution in [2.24, 2.45) is 5.92 Å². The van der Waals surface area contributed by atoms with Gasteiger partial charge < -0.3 is 19.6 Å². The van der Waals surface area contributed by atoms with Crippen molar-refractivity contribution in [1.29, 1.82) is 0 Å². The van der Waals surface area contributed by atoms with E-state index in [1.165, 1.54) is 0 Å². The van der Waals surface area contributed by atoms with Crippen molar-refractivity contribution in [3.63, 3.8) is 0 Å². The van der Waals surface area contributed by atoms with Crippen LogP contribution in [0.5, 0.6) is 0 Å². The Morgan fingerprint density at radius 1 is 1.52 bits per heavy atom. The first-order valence-electron chi connectivity index (χ1n) is 7.59. The summed E-state index contributed by atoms with van der Waals surface area (Å²) < 4.78 is 10.3. The number of hydrogen-bond donors (Lipinski definition) is 2. The Bertz CT molecular complexity index is 614. The van der Waals surface area contributed by atoms with Crippen LogP contribution < -0.4 is 10.6 Å². The van der Waals surface area contributed by atoms with E-state index in [-0.39, 0.29) is 24.4 Å². The van der Waals surface area contributed by atoms with Gasteiger partial charge in [-0.15, -0.1) is 12.4 Å². The predicted octanol–water partition coefficient (Wildman–Crippen LogP) is 1.80. The normalized spacial score (nSPS) is 20.7. The van der Waals surface area contributed by atoms with Gasteiger partial charge in [0.15, 0.2) is 5.76 Å². The van der Waals surface area contributed by atoms with Gasteiger partial charge >= 0.3 is 0 Å². The van der Waals surface area contributed by atoms with E-state index < -0.39 is 0 Å². The highest BCUT2D eigenvalue weighted by Crippen LogP contribution is 2.16. The molecular formula is C15H21ClN4O3. The third kappa shape index (κ3) is 4.56. The van der Waals surface area contributed by atoms with Crippen LogP contribution in [-0.2, 0) is 11.2 Å². The maximum Gasteiger partial charge on any atom is 0.238 e. The number of amides is 1. The Morgan fingerprint density at radius 3 is 3.13 bits per heavy atom. The Hall–Kier alpha value is -1.86. The number of carbonyl (C=O) groups excluding carboxylic acids is 1. The molecule has 3 rings (SSSR count). The number of carbonyl (C=O) groups is 1. The van der Waals surface area contributed by atoms with Crippen molar-refractivity contribution in [3.05, 3.63) is 24.3 Å². The fraction of sp³-hybridized carbons (Fsp3) is 0.533. The van der Waals surface area contributed by atoms with Gasteiger partial charge in [-0.05, 0) is 37.6 Å². The molecule has 0 saturated carbocycles. The third-order valence-electron chi connectivity index (χ3n) is 3.91. The Morgan fingerprint density at radius 2 is 2.39 bits per heavy atom. The summed E-state index contributed by atoms with van der Waals surface area (Å²) in [5.74, 6) is 1.89. The van der Waals surface area contributed by atoms with Crippen LogP contribution in [0, 0.1) is 5.92 Å². The molecule has 1 amide bonds. The summed E-state index contributed by atoms with van der Waals surface area (Å²) in [6.07, 6.45) is 3.30. The van der Waals surface area contributed by atoms with E-state index in [1.807, 2.05) is 0 Å². The maximum absolute atomic E-state index is 12.0. The molecule has 126 valence electrons. The van der Waals surface area contributed by atoms with E-state index in [4.69, 9.17) is 8.94 Å². The molecule has 0 radical (unpaired) electrons. The number of aromatic nitrogens is 2. The number of rotatable bonds is 5. The fourth-order valence-electron chi connectivity index (χ4n) is 2.59. The maximum atomic E-state index is 12.0. The lowest BCUT2D eigenvalue weighted by molar-refractivity contribution is -0.122. The number of nitrogens with one attached hydrogen (secondary N) is 2. The minimum atomic E-state index is 0. The first-order valence-corrected chi connectivity index (χ1v) is 7.59. The van der Waals surface area contributed by atoms with Gasteiger partial charge in [-0.1, -0.05) is 12.1 Å².